The predicted octanol–water partition coefficient (Wildman–Crippen LogP) is 3.44. The molecular weight excluding hydrogens is 329 g/mol. The average Bonchev–Trinajstić information content (AvgIpc) is 2.58. The lowest BCUT2D eigenvalue weighted by molar-refractivity contribution is -0.134. The number of nitrogens with one attached hydrogen (secondary N) is 1. The van der Waals surface area contributed by atoms with Crippen LogP contribution in [0.4, 0.5) is 19.1 Å². The van der Waals surface area contributed by atoms with E-state index < -0.39 is 12.6 Å². The number of anilines is 1. The molecule has 3 rings (SSSR count). The van der Waals surface area contributed by atoms with Crippen molar-refractivity contribution in [1.82, 2.24) is 14.9 Å². The highest BCUT2D eigenvalue weighted by molar-refractivity contribution is 5.31. The van der Waals surface area contributed by atoms with E-state index in [4.69, 9.17) is 0 Å². The van der Waals surface area contributed by atoms with E-state index in [1.807, 2.05) is 12.1 Å². The van der Waals surface area contributed by atoms with Crippen LogP contribution in [-0.2, 0) is 19.4 Å². The van der Waals surface area contributed by atoms with Crippen molar-refractivity contribution < 1.29 is 13.2 Å². The van der Waals surface area contributed by atoms with E-state index in [2.05, 4.69) is 39.4 Å². The van der Waals surface area contributed by atoms with E-state index in [1.165, 1.54) is 23.4 Å². The maximum absolute atomic E-state index is 12.3. The number of hydrogen-bond donors (Lipinski definition) is 1. The molecule has 4 nitrogen and oxygen atoms in total. The van der Waals surface area contributed by atoms with Crippen molar-refractivity contribution in [3.8, 4) is 0 Å². The van der Waals surface area contributed by atoms with E-state index in [9.17, 15) is 13.2 Å². The van der Waals surface area contributed by atoms with E-state index in [0.29, 0.717) is 18.2 Å². The topological polar surface area (TPSA) is 41.0 Å². The van der Waals surface area contributed by atoms with Gasteiger partial charge in [0.1, 0.15) is 0 Å². The Labute approximate surface area is 145 Å². The van der Waals surface area contributed by atoms with Crippen LogP contribution in [0.15, 0.2) is 36.5 Å². The van der Waals surface area contributed by atoms with Crippen molar-refractivity contribution >= 4 is 5.95 Å². The van der Waals surface area contributed by atoms with E-state index in [0.717, 1.165) is 13.0 Å². The fraction of sp³-hybridized carbons (Fsp3) is 0.444. The largest absolute Gasteiger partial charge is 0.389 e. The zero-order chi connectivity index (χ0) is 17.9. The monoisotopic (exact) mass is 350 g/mol. The summed E-state index contributed by atoms with van der Waals surface area (Å²) in [5, 5.41) is 3.17. The van der Waals surface area contributed by atoms with E-state index in [-0.39, 0.29) is 12.5 Å². The molecule has 0 saturated carbocycles. The molecule has 1 aromatic carbocycles. The molecule has 25 heavy (non-hydrogen) atoms. The quantitative estimate of drug-likeness (QED) is 0.897. The van der Waals surface area contributed by atoms with Crippen LogP contribution in [-0.4, -0.2) is 40.7 Å². The van der Waals surface area contributed by atoms with Crippen molar-refractivity contribution in [1.29, 1.82) is 0 Å². The smallest absolute Gasteiger partial charge is 0.353 e. The molecule has 0 saturated heterocycles. The molecule has 1 aliphatic rings. The minimum Gasteiger partial charge on any atom is -0.353 e. The fourth-order valence-electron chi connectivity index (χ4n) is 3.05. The van der Waals surface area contributed by atoms with Crippen molar-refractivity contribution in [2.24, 2.45) is 0 Å². The summed E-state index contributed by atoms with van der Waals surface area (Å²) in [6.07, 6.45) is -2.74. The molecular formula is C18H21F3N4. The summed E-state index contributed by atoms with van der Waals surface area (Å²) in [6.45, 7) is 1.53. The van der Waals surface area contributed by atoms with Crippen LogP contribution in [0.25, 0.3) is 0 Å². The molecule has 134 valence electrons. The lowest BCUT2D eigenvalue weighted by atomic mass is 9.94. The standard InChI is InChI=1S/C18H21F3N4/c1-25-12-14-5-3-2-4-13(14)10-16(25)11-23-17-22-9-7-15(24-17)6-8-18(19,20)21/h2-5,7,9,16H,6,8,10-12H2,1H3,(H,22,23,24). The summed E-state index contributed by atoms with van der Waals surface area (Å²) >= 11 is 0. The number of fused-ring (bicyclic) bond motifs is 1. The maximum atomic E-state index is 12.3. The molecule has 1 unspecified atom stereocenters. The van der Waals surface area contributed by atoms with Crippen molar-refractivity contribution in [2.75, 3.05) is 18.9 Å². The molecule has 1 aliphatic heterocycles. The molecule has 2 heterocycles. The first-order chi connectivity index (χ1) is 11.9. The first kappa shape index (κ1) is 17.7. The van der Waals surface area contributed by atoms with Gasteiger partial charge >= 0.3 is 6.18 Å². The summed E-state index contributed by atoms with van der Waals surface area (Å²) in [7, 11) is 2.07. The fourth-order valence-corrected chi connectivity index (χ4v) is 3.05. The Morgan fingerprint density at radius 3 is 2.72 bits per heavy atom. The Kier molecular flexibility index (Phi) is 5.22. The molecule has 2 aromatic rings. The number of rotatable bonds is 5. The van der Waals surface area contributed by atoms with E-state index in [1.54, 1.807) is 0 Å². The molecule has 0 bridgehead atoms. The van der Waals surface area contributed by atoms with Gasteiger partial charge in [-0.3, -0.25) is 4.90 Å². The van der Waals surface area contributed by atoms with Crippen LogP contribution in [0, 0.1) is 0 Å². The number of hydrogen-bond acceptors (Lipinski definition) is 4. The van der Waals surface area contributed by atoms with Crippen LogP contribution in [0.3, 0.4) is 0 Å². The van der Waals surface area contributed by atoms with Gasteiger partial charge in [-0.1, -0.05) is 24.3 Å². The molecule has 1 aromatic heterocycles. The second-order valence-electron chi connectivity index (χ2n) is 6.41. The highest BCUT2D eigenvalue weighted by Gasteiger charge is 2.27. The highest BCUT2D eigenvalue weighted by Crippen LogP contribution is 2.23. The third-order valence-corrected chi connectivity index (χ3v) is 4.49. The van der Waals surface area contributed by atoms with Crippen LogP contribution < -0.4 is 5.32 Å². The van der Waals surface area contributed by atoms with Crippen molar-refractivity contribution in [3.63, 3.8) is 0 Å². The summed E-state index contributed by atoms with van der Waals surface area (Å²) in [5.74, 6) is 0.381. The molecule has 1 N–H and O–H groups in total. The van der Waals surface area contributed by atoms with E-state index >= 15 is 0 Å². The van der Waals surface area contributed by atoms with Crippen LogP contribution >= 0.6 is 0 Å². The van der Waals surface area contributed by atoms with Crippen molar-refractivity contribution in [3.05, 3.63) is 53.3 Å². The third-order valence-electron chi connectivity index (χ3n) is 4.49. The predicted molar refractivity (Wildman–Crippen MR) is 90.3 cm³/mol. The highest BCUT2D eigenvalue weighted by atomic mass is 19.4. The number of likely N-dealkylation sites (N-methyl/N-ethyl adjacent to an activating group) is 1. The minimum atomic E-state index is -4.17. The normalized spacial score (nSPS) is 18.0. The number of halogens is 3. The first-order valence-corrected chi connectivity index (χ1v) is 8.30. The lowest BCUT2D eigenvalue weighted by Gasteiger charge is -2.34. The SMILES string of the molecule is CN1Cc2ccccc2CC1CNc1nccc(CCC(F)(F)F)n1. The molecule has 0 radical (unpaired) electrons. The van der Waals surface area contributed by atoms with Crippen LogP contribution in [0.1, 0.15) is 23.2 Å². The molecule has 0 fully saturated rings. The second kappa shape index (κ2) is 7.39. The summed E-state index contributed by atoms with van der Waals surface area (Å²) in [6, 6.07) is 10.2. The Bertz CT molecular complexity index is 717. The van der Waals surface area contributed by atoms with Gasteiger partial charge < -0.3 is 5.32 Å². The van der Waals surface area contributed by atoms with Gasteiger partial charge in [-0.2, -0.15) is 13.2 Å². The molecule has 0 aliphatic carbocycles. The minimum absolute atomic E-state index is 0.128. The van der Waals surface area contributed by atoms with Gasteiger partial charge in [-0.05, 0) is 37.1 Å². The van der Waals surface area contributed by atoms with Gasteiger partial charge in [0.2, 0.25) is 5.95 Å². The lowest BCUT2D eigenvalue weighted by Crippen LogP contribution is -2.42. The Balaban J connectivity index is 1.58. The average molecular weight is 350 g/mol. The zero-order valence-electron chi connectivity index (χ0n) is 14.1. The summed E-state index contributed by atoms with van der Waals surface area (Å²) in [5.41, 5.74) is 3.08. The maximum Gasteiger partial charge on any atom is 0.389 e. The Morgan fingerprint density at radius 1 is 1.20 bits per heavy atom. The van der Waals surface area contributed by atoms with Crippen LogP contribution in [0.5, 0.6) is 0 Å². The third kappa shape index (κ3) is 4.92. The first-order valence-electron chi connectivity index (χ1n) is 8.30. The summed E-state index contributed by atoms with van der Waals surface area (Å²) in [4.78, 5) is 10.6. The van der Waals surface area contributed by atoms with Gasteiger partial charge in [-0.25, -0.2) is 9.97 Å². The molecule has 1 atom stereocenters. The molecule has 0 spiro atoms. The number of aromatic nitrogens is 2. The Morgan fingerprint density at radius 2 is 1.96 bits per heavy atom. The van der Waals surface area contributed by atoms with Crippen molar-refractivity contribution in [2.45, 2.75) is 38.0 Å². The Hall–Kier alpha value is -2.15. The number of nitrogens with zero attached hydrogens (tertiary/aromatic N) is 3. The number of alkyl halides is 3. The van der Waals surface area contributed by atoms with Gasteiger partial charge in [0.15, 0.2) is 0 Å². The van der Waals surface area contributed by atoms with Gasteiger partial charge in [0, 0.05) is 37.4 Å². The summed E-state index contributed by atoms with van der Waals surface area (Å²) < 4.78 is 37.0. The number of aryl methyl sites for hydroxylation is 1. The molecule has 7 heteroatoms. The molecule has 0 amide bonds. The van der Waals surface area contributed by atoms with Gasteiger partial charge in [-0.15, -0.1) is 0 Å². The van der Waals surface area contributed by atoms with Gasteiger partial charge in [0.25, 0.3) is 0 Å². The van der Waals surface area contributed by atoms with Crippen LogP contribution in [0.2, 0.25) is 0 Å². The number of benzene rings is 1. The zero-order valence-corrected chi connectivity index (χ0v) is 14.1. The van der Waals surface area contributed by atoms with Gasteiger partial charge in [0.05, 0.1) is 0 Å². The second-order valence-corrected chi connectivity index (χ2v) is 6.41.